The van der Waals surface area contributed by atoms with Crippen LogP contribution in [0, 0.1) is 5.41 Å². The summed E-state index contributed by atoms with van der Waals surface area (Å²) in [5.74, 6) is -0.973. The van der Waals surface area contributed by atoms with Crippen molar-refractivity contribution in [3.05, 3.63) is 12.2 Å². The van der Waals surface area contributed by atoms with E-state index in [4.69, 9.17) is 4.74 Å². The standard InChI is InChI=1S/C10H16O4/c1-7(2)8(11)13-6-14-9(12)10(3,4)5/h1,6H2,2-5H3. The number of hydrogen-bond acceptors (Lipinski definition) is 4. The van der Waals surface area contributed by atoms with Crippen molar-refractivity contribution >= 4 is 11.9 Å². The Bertz CT molecular complexity index is 247. The van der Waals surface area contributed by atoms with Crippen molar-refractivity contribution in [1.29, 1.82) is 0 Å². The lowest BCUT2D eigenvalue weighted by Crippen LogP contribution is -2.24. The largest absolute Gasteiger partial charge is 0.427 e. The highest BCUT2D eigenvalue weighted by Crippen LogP contribution is 2.14. The minimum atomic E-state index is -0.588. The molecule has 0 N–H and O–H groups in total. The first-order valence-electron chi connectivity index (χ1n) is 4.25. The number of rotatable bonds is 3. The Hall–Kier alpha value is -1.32. The highest BCUT2D eigenvalue weighted by Gasteiger charge is 2.23. The Labute approximate surface area is 83.9 Å². The lowest BCUT2D eigenvalue weighted by atomic mass is 9.98. The number of esters is 2. The minimum absolute atomic E-state index is 0.275. The van der Waals surface area contributed by atoms with E-state index in [2.05, 4.69) is 11.3 Å². The maximum absolute atomic E-state index is 11.2. The van der Waals surface area contributed by atoms with Crippen LogP contribution in [0.4, 0.5) is 0 Å². The van der Waals surface area contributed by atoms with Gasteiger partial charge < -0.3 is 9.47 Å². The van der Waals surface area contributed by atoms with Crippen molar-refractivity contribution in [1.82, 2.24) is 0 Å². The fourth-order valence-corrected chi connectivity index (χ4v) is 0.476. The molecule has 0 aliphatic carbocycles. The van der Waals surface area contributed by atoms with Crippen molar-refractivity contribution in [3.8, 4) is 0 Å². The van der Waals surface area contributed by atoms with Crippen molar-refractivity contribution in [2.45, 2.75) is 27.7 Å². The summed E-state index contributed by atoms with van der Waals surface area (Å²) in [6.45, 7) is 9.70. The molecule has 4 nitrogen and oxygen atoms in total. The predicted molar refractivity (Wildman–Crippen MR) is 51.3 cm³/mol. The summed E-state index contributed by atoms with van der Waals surface area (Å²) in [5.41, 5.74) is -0.313. The molecule has 0 unspecified atom stereocenters. The van der Waals surface area contributed by atoms with Crippen molar-refractivity contribution in [2.75, 3.05) is 6.79 Å². The zero-order valence-electron chi connectivity index (χ0n) is 9.05. The van der Waals surface area contributed by atoms with Gasteiger partial charge in [-0.2, -0.15) is 0 Å². The van der Waals surface area contributed by atoms with Crippen molar-refractivity contribution in [3.63, 3.8) is 0 Å². The van der Waals surface area contributed by atoms with Gasteiger partial charge in [-0.25, -0.2) is 4.79 Å². The number of ether oxygens (including phenoxy) is 2. The summed E-state index contributed by atoms with van der Waals surface area (Å²) in [4.78, 5) is 22.0. The van der Waals surface area contributed by atoms with E-state index in [9.17, 15) is 9.59 Å². The van der Waals surface area contributed by atoms with Gasteiger partial charge in [0.25, 0.3) is 0 Å². The van der Waals surface area contributed by atoms with Gasteiger partial charge in [-0.05, 0) is 27.7 Å². The summed E-state index contributed by atoms with van der Waals surface area (Å²) < 4.78 is 9.29. The summed E-state index contributed by atoms with van der Waals surface area (Å²) >= 11 is 0. The van der Waals surface area contributed by atoms with Crippen LogP contribution in [-0.4, -0.2) is 18.7 Å². The van der Waals surface area contributed by atoms with Gasteiger partial charge in [-0.3, -0.25) is 4.79 Å². The van der Waals surface area contributed by atoms with Crippen LogP contribution in [-0.2, 0) is 19.1 Å². The second-order valence-corrected chi connectivity index (χ2v) is 4.01. The molecule has 0 aromatic rings. The number of carbonyl (C=O) groups excluding carboxylic acids is 2. The first-order valence-corrected chi connectivity index (χ1v) is 4.25. The van der Waals surface area contributed by atoms with Gasteiger partial charge in [0.05, 0.1) is 5.41 Å². The third-order valence-corrected chi connectivity index (χ3v) is 1.34. The molecule has 0 aliphatic rings. The lowest BCUT2D eigenvalue weighted by molar-refractivity contribution is -0.171. The fraction of sp³-hybridized carbons (Fsp3) is 0.600. The van der Waals surface area contributed by atoms with Crippen LogP contribution in [0.3, 0.4) is 0 Å². The zero-order chi connectivity index (χ0) is 11.4. The van der Waals surface area contributed by atoms with E-state index in [1.807, 2.05) is 0 Å². The Balaban J connectivity index is 3.82. The Kier molecular flexibility index (Phi) is 4.34. The smallest absolute Gasteiger partial charge is 0.335 e. The molecule has 0 saturated heterocycles. The number of carbonyl (C=O) groups is 2. The fourth-order valence-electron chi connectivity index (χ4n) is 0.476. The Morgan fingerprint density at radius 2 is 1.71 bits per heavy atom. The van der Waals surface area contributed by atoms with Crippen LogP contribution in [0.5, 0.6) is 0 Å². The second-order valence-electron chi connectivity index (χ2n) is 4.01. The van der Waals surface area contributed by atoms with Gasteiger partial charge in [-0.1, -0.05) is 6.58 Å². The summed E-state index contributed by atoms with van der Waals surface area (Å²) in [7, 11) is 0. The van der Waals surface area contributed by atoms with Crippen molar-refractivity contribution < 1.29 is 19.1 Å². The highest BCUT2D eigenvalue weighted by molar-refractivity contribution is 5.87. The maximum atomic E-state index is 11.2. The molecule has 14 heavy (non-hydrogen) atoms. The normalized spacial score (nSPS) is 10.6. The first kappa shape index (κ1) is 12.7. The Morgan fingerprint density at radius 3 is 2.07 bits per heavy atom. The van der Waals surface area contributed by atoms with E-state index in [1.165, 1.54) is 6.92 Å². The molecule has 0 aromatic carbocycles. The van der Waals surface area contributed by atoms with E-state index in [0.29, 0.717) is 0 Å². The number of hydrogen-bond donors (Lipinski definition) is 0. The topological polar surface area (TPSA) is 52.6 Å². The molecule has 0 aromatic heterocycles. The van der Waals surface area contributed by atoms with E-state index in [0.717, 1.165) is 0 Å². The van der Waals surface area contributed by atoms with Gasteiger partial charge >= 0.3 is 11.9 Å². The van der Waals surface area contributed by atoms with Gasteiger partial charge in [0.15, 0.2) is 0 Å². The molecule has 0 heterocycles. The van der Waals surface area contributed by atoms with Crippen molar-refractivity contribution in [2.24, 2.45) is 5.41 Å². The highest BCUT2D eigenvalue weighted by atomic mass is 16.7. The molecule has 4 heteroatoms. The quantitative estimate of drug-likeness (QED) is 0.395. The Morgan fingerprint density at radius 1 is 1.21 bits per heavy atom. The third kappa shape index (κ3) is 4.64. The third-order valence-electron chi connectivity index (χ3n) is 1.34. The molecule has 80 valence electrons. The average Bonchev–Trinajstić information content (AvgIpc) is 2.01. The molecule has 0 saturated carbocycles. The monoisotopic (exact) mass is 200 g/mol. The molecule has 0 fully saturated rings. The summed E-state index contributed by atoms with van der Waals surface area (Å²) in [5, 5.41) is 0. The average molecular weight is 200 g/mol. The van der Waals surface area contributed by atoms with E-state index in [1.54, 1.807) is 20.8 Å². The predicted octanol–water partition coefficient (Wildman–Crippen LogP) is 1.65. The summed E-state index contributed by atoms with van der Waals surface area (Å²) in [6.07, 6.45) is 0. The molecule has 0 atom stereocenters. The molecular formula is C10H16O4. The summed E-state index contributed by atoms with van der Waals surface area (Å²) in [6, 6.07) is 0. The van der Waals surface area contributed by atoms with E-state index in [-0.39, 0.29) is 12.4 Å². The van der Waals surface area contributed by atoms with Crippen LogP contribution >= 0.6 is 0 Å². The van der Waals surface area contributed by atoms with Crippen LogP contribution in [0.15, 0.2) is 12.2 Å². The van der Waals surface area contributed by atoms with Gasteiger partial charge in [0, 0.05) is 5.57 Å². The minimum Gasteiger partial charge on any atom is -0.427 e. The second kappa shape index (κ2) is 4.79. The maximum Gasteiger partial charge on any atom is 0.335 e. The van der Waals surface area contributed by atoms with E-state index < -0.39 is 17.4 Å². The molecule has 0 radical (unpaired) electrons. The van der Waals surface area contributed by atoms with E-state index >= 15 is 0 Å². The van der Waals surface area contributed by atoms with Crippen LogP contribution in [0.1, 0.15) is 27.7 Å². The molecule has 0 amide bonds. The van der Waals surface area contributed by atoms with Crippen LogP contribution < -0.4 is 0 Å². The van der Waals surface area contributed by atoms with Gasteiger partial charge in [0.2, 0.25) is 6.79 Å². The molecule has 0 spiro atoms. The molecular weight excluding hydrogens is 184 g/mol. The zero-order valence-corrected chi connectivity index (χ0v) is 9.05. The SMILES string of the molecule is C=C(C)C(=O)OCOC(=O)C(C)(C)C. The lowest BCUT2D eigenvalue weighted by Gasteiger charge is -2.16. The van der Waals surface area contributed by atoms with Crippen LogP contribution in [0.25, 0.3) is 0 Å². The van der Waals surface area contributed by atoms with Gasteiger partial charge in [-0.15, -0.1) is 0 Å². The van der Waals surface area contributed by atoms with Gasteiger partial charge in [0.1, 0.15) is 0 Å². The van der Waals surface area contributed by atoms with Crippen LogP contribution in [0.2, 0.25) is 0 Å². The first-order chi connectivity index (χ1) is 6.25. The molecule has 0 bridgehead atoms. The molecule has 0 aliphatic heterocycles. The molecule has 0 rings (SSSR count).